The molecule has 0 aromatic heterocycles. The first-order chi connectivity index (χ1) is 9.63. The average molecular weight is 266 g/mol. The van der Waals surface area contributed by atoms with Gasteiger partial charge >= 0.3 is 0 Å². The van der Waals surface area contributed by atoms with Gasteiger partial charge in [0.25, 0.3) is 0 Å². The lowest BCUT2D eigenvalue weighted by Crippen LogP contribution is -1.90. The number of benzene rings is 2. The van der Waals surface area contributed by atoms with Gasteiger partial charge in [-0.15, -0.1) is 0 Å². The summed E-state index contributed by atoms with van der Waals surface area (Å²) in [5, 5.41) is 10.1. The van der Waals surface area contributed by atoms with Crippen LogP contribution in [0.5, 0.6) is 5.75 Å². The smallest absolute Gasteiger partial charge is 0.121 e. The second-order valence-corrected chi connectivity index (χ2v) is 5.14. The van der Waals surface area contributed by atoms with Gasteiger partial charge in [-0.25, -0.2) is 0 Å². The van der Waals surface area contributed by atoms with E-state index in [1.807, 2.05) is 0 Å². The van der Waals surface area contributed by atoms with Crippen LogP contribution in [-0.2, 0) is 12.8 Å². The van der Waals surface area contributed by atoms with Crippen molar-refractivity contribution < 1.29 is 5.11 Å². The fraction of sp³-hybridized carbons (Fsp3) is 0.263. The van der Waals surface area contributed by atoms with Crippen molar-refractivity contribution in [1.29, 1.82) is 0 Å². The predicted molar refractivity (Wildman–Crippen MR) is 87.0 cm³/mol. The normalized spacial score (nSPS) is 11.2. The van der Waals surface area contributed by atoms with Crippen molar-refractivity contribution in [1.82, 2.24) is 0 Å². The first-order valence-electron chi connectivity index (χ1n) is 7.23. The number of hydrogen-bond acceptors (Lipinski definition) is 1. The molecular formula is C19H22O. The molecule has 0 aliphatic carbocycles. The number of aromatic hydroxyl groups is 1. The highest BCUT2D eigenvalue weighted by atomic mass is 16.3. The molecule has 104 valence electrons. The quantitative estimate of drug-likeness (QED) is 0.772. The van der Waals surface area contributed by atoms with E-state index in [9.17, 15) is 5.11 Å². The number of phenolic OH excluding ortho intramolecular Hbond substituents is 1. The van der Waals surface area contributed by atoms with Crippen LogP contribution in [0.2, 0.25) is 0 Å². The maximum Gasteiger partial charge on any atom is 0.121 e. The summed E-state index contributed by atoms with van der Waals surface area (Å²) in [5.74, 6) is 0.461. The summed E-state index contributed by atoms with van der Waals surface area (Å²) in [6.45, 7) is 6.23. The fourth-order valence-corrected chi connectivity index (χ4v) is 2.29. The van der Waals surface area contributed by atoms with Gasteiger partial charge in [0.15, 0.2) is 0 Å². The molecule has 0 aliphatic heterocycles. The topological polar surface area (TPSA) is 20.2 Å². The van der Waals surface area contributed by atoms with Gasteiger partial charge in [0.1, 0.15) is 5.75 Å². The van der Waals surface area contributed by atoms with Crippen LogP contribution in [0.4, 0.5) is 0 Å². The lowest BCUT2D eigenvalue weighted by molar-refractivity contribution is 0.462. The van der Waals surface area contributed by atoms with Crippen molar-refractivity contribution in [2.75, 3.05) is 0 Å². The van der Waals surface area contributed by atoms with Gasteiger partial charge < -0.3 is 5.11 Å². The van der Waals surface area contributed by atoms with Crippen molar-refractivity contribution in [3.8, 4) is 5.75 Å². The van der Waals surface area contributed by atoms with E-state index in [2.05, 4.69) is 69.3 Å². The maximum atomic E-state index is 10.1. The molecular weight excluding hydrogens is 244 g/mol. The van der Waals surface area contributed by atoms with E-state index in [0.717, 1.165) is 29.5 Å². The van der Waals surface area contributed by atoms with E-state index >= 15 is 0 Å². The van der Waals surface area contributed by atoms with E-state index in [-0.39, 0.29) is 0 Å². The van der Waals surface area contributed by atoms with Gasteiger partial charge in [-0.2, -0.15) is 0 Å². The van der Waals surface area contributed by atoms with Crippen LogP contribution in [0.3, 0.4) is 0 Å². The molecule has 0 atom stereocenters. The second-order valence-electron chi connectivity index (χ2n) is 5.14. The summed E-state index contributed by atoms with van der Waals surface area (Å²) in [4.78, 5) is 0. The Kier molecular flexibility index (Phi) is 4.62. The van der Waals surface area contributed by atoms with Crippen molar-refractivity contribution in [3.63, 3.8) is 0 Å². The Morgan fingerprint density at radius 2 is 1.35 bits per heavy atom. The SMILES string of the molecule is CCc1cc(/C=C/c2ccc(C)cc2)cc(CC)c1O. The molecule has 0 amide bonds. The number of hydrogen-bond donors (Lipinski definition) is 1. The molecule has 0 aliphatic rings. The van der Waals surface area contributed by atoms with Crippen LogP contribution in [-0.4, -0.2) is 5.11 Å². The summed E-state index contributed by atoms with van der Waals surface area (Å²) in [7, 11) is 0. The van der Waals surface area contributed by atoms with Crippen molar-refractivity contribution in [2.45, 2.75) is 33.6 Å². The molecule has 0 radical (unpaired) electrons. The van der Waals surface area contributed by atoms with Crippen LogP contribution >= 0.6 is 0 Å². The molecule has 1 N–H and O–H groups in total. The molecule has 0 spiro atoms. The molecule has 0 saturated carbocycles. The Morgan fingerprint density at radius 1 is 0.850 bits per heavy atom. The highest BCUT2D eigenvalue weighted by Crippen LogP contribution is 2.26. The van der Waals surface area contributed by atoms with E-state index in [0.29, 0.717) is 5.75 Å². The van der Waals surface area contributed by atoms with Crippen LogP contribution in [0.15, 0.2) is 36.4 Å². The summed E-state index contributed by atoms with van der Waals surface area (Å²) < 4.78 is 0. The third-order valence-corrected chi connectivity index (χ3v) is 3.60. The Bertz CT molecular complexity index is 581. The van der Waals surface area contributed by atoms with E-state index in [4.69, 9.17) is 0 Å². The molecule has 2 aromatic rings. The lowest BCUT2D eigenvalue weighted by Gasteiger charge is -2.09. The van der Waals surface area contributed by atoms with Crippen LogP contribution in [0, 0.1) is 6.92 Å². The second kappa shape index (κ2) is 6.42. The molecule has 0 saturated heterocycles. The Morgan fingerprint density at radius 3 is 1.85 bits per heavy atom. The van der Waals surface area contributed by atoms with Crippen molar-refractivity contribution in [3.05, 3.63) is 64.2 Å². The standard InChI is InChI=1S/C19H22O/c1-4-17-12-16(13-18(5-2)19(17)20)11-10-15-8-6-14(3)7-9-15/h6-13,20H,4-5H2,1-3H3/b11-10+. The van der Waals surface area contributed by atoms with E-state index < -0.39 is 0 Å². The highest BCUT2D eigenvalue weighted by molar-refractivity contribution is 5.71. The number of rotatable bonds is 4. The molecule has 0 fully saturated rings. The minimum absolute atomic E-state index is 0.461. The van der Waals surface area contributed by atoms with Crippen molar-refractivity contribution in [2.24, 2.45) is 0 Å². The van der Waals surface area contributed by atoms with Gasteiger partial charge in [0.05, 0.1) is 0 Å². The molecule has 1 heteroatoms. The summed E-state index contributed by atoms with van der Waals surface area (Å²) >= 11 is 0. The summed E-state index contributed by atoms with van der Waals surface area (Å²) in [5.41, 5.74) is 5.66. The van der Waals surface area contributed by atoms with Gasteiger partial charge in [0, 0.05) is 0 Å². The van der Waals surface area contributed by atoms with Crippen LogP contribution < -0.4 is 0 Å². The zero-order valence-corrected chi connectivity index (χ0v) is 12.5. The van der Waals surface area contributed by atoms with Gasteiger partial charge in [0.2, 0.25) is 0 Å². The Labute approximate surface area is 121 Å². The summed E-state index contributed by atoms with van der Waals surface area (Å²) in [6, 6.07) is 12.6. The monoisotopic (exact) mass is 266 g/mol. The zero-order chi connectivity index (χ0) is 14.5. The first-order valence-corrected chi connectivity index (χ1v) is 7.23. The zero-order valence-electron chi connectivity index (χ0n) is 12.5. The molecule has 0 heterocycles. The van der Waals surface area contributed by atoms with E-state index in [1.54, 1.807) is 0 Å². The third kappa shape index (κ3) is 3.30. The van der Waals surface area contributed by atoms with E-state index in [1.165, 1.54) is 11.1 Å². The first kappa shape index (κ1) is 14.4. The predicted octanol–water partition coefficient (Wildman–Crippen LogP) is 5.00. The van der Waals surface area contributed by atoms with Gasteiger partial charge in [-0.3, -0.25) is 0 Å². The molecule has 0 bridgehead atoms. The Hall–Kier alpha value is -2.02. The third-order valence-electron chi connectivity index (χ3n) is 3.60. The average Bonchev–Trinajstić information content (AvgIpc) is 2.47. The molecule has 0 unspecified atom stereocenters. The molecule has 1 nitrogen and oxygen atoms in total. The number of aryl methyl sites for hydroxylation is 3. The summed E-state index contributed by atoms with van der Waals surface area (Å²) in [6.07, 6.45) is 5.93. The van der Waals surface area contributed by atoms with Crippen LogP contribution in [0.25, 0.3) is 12.2 Å². The van der Waals surface area contributed by atoms with Gasteiger partial charge in [-0.05, 0) is 54.2 Å². The molecule has 2 rings (SSSR count). The lowest BCUT2D eigenvalue weighted by atomic mass is 10.00. The fourth-order valence-electron chi connectivity index (χ4n) is 2.29. The van der Waals surface area contributed by atoms with Gasteiger partial charge in [-0.1, -0.05) is 55.8 Å². The number of phenols is 1. The maximum absolute atomic E-state index is 10.1. The minimum Gasteiger partial charge on any atom is -0.507 e. The van der Waals surface area contributed by atoms with Crippen LogP contribution in [0.1, 0.15) is 41.7 Å². The minimum atomic E-state index is 0.461. The Balaban J connectivity index is 2.31. The largest absolute Gasteiger partial charge is 0.507 e. The molecule has 2 aromatic carbocycles. The van der Waals surface area contributed by atoms with Crippen molar-refractivity contribution >= 4 is 12.2 Å². The highest BCUT2D eigenvalue weighted by Gasteiger charge is 2.06. The molecule has 20 heavy (non-hydrogen) atoms.